The van der Waals surface area contributed by atoms with Crippen molar-refractivity contribution in [1.82, 2.24) is 45.1 Å². The number of carbonyl (C=O) groups is 3. The van der Waals surface area contributed by atoms with E-state index in [1.54, 1.807) is 43.7 Å². The number of amides is 3. The lowest BCUT2D eigenvalue weighted by Crippen LogP contribution is -2.51. The lowest BCUT2D eigenvalue weighted by atomic mass is 9.73. The number of pyridine rings is 1. The van der Waals surface area contributed by atoms with Crippen molar-refractivity contribution in [3.05, 3.63) is 70.4 Å². The van der Waals surface area contributed by atoms with E-state index in [4.69, 9.17) is 36.8 Å². The van der Waals surface area contributed by atoms with Gasteiger partial charge in [-0.2, -0.15) is 5.26 Å². The molecule has 5 atom stereocenters. The van der Waals surface area contributed by atoms with E-state index in [0.29, 0.717) is 108 Å². The topological polar surface area (TPSA) is 254 Å². The first kappa shape index (κ1) is 52.2. The molecule has 0 radical (unpaired) electrons. The predicted molar refractivity (Wildman–Crippen MR) is 272 cm³/mol. The van der Waals surface area contributed by atoms with Crippen LogP contribution in [0.2, 0.25) is 5.02 Å². The molecule has 5 saturated heterocycles. The van der Waals surface area contributed by atoms with Crippen LogP contribution in [0.3, 0.4) is 0 Å². The highest BCUT2D eigenvalue weighted by Gasteiger charge is 2.48. The Morgan fingerprint density at radius 1 is 1.05 bits per heavy atom. The number of aryl methyl sites for hydroxylation is 1. The summed E-state index contributed by atoms with van der Waals surface area (Å²) in [6.07, 6.45) is 8.45. The molecule has 0 bridgehead atoms. The number of carbonyl (C=O) groups excluding carboxylic acids is 3. The number of nitriles is 1. The molecule has 3 amide bonds. The number of β-amino-alcohol motifs (C(OH)–C–C–N with tert-alkyl or cyclic N) is 1. The van der Waals surface area contributed by atoms with E-state index in [2.05, 4.69) is 36.5 Å². The normalized spacial score (nSPS) is 23.0. The van der Waals surface area contributed by atoms with Crippen LogP contribution < -0.4 is 25.6 Å². The van der Waals surface area contributed by atoms with E-state index < -0.39 is 24.1 Å². The Morgan fingerprint density at radius 2 is 1.79 bits per heavy atom. The number of aliphatic hydroxyl groups excluding tert-OH is 2. The largest absolute Gasteiger partial charge is 0.490 e. The number of halogens is 1. The molecule has 20 nitrogen and oxygen atoms in total. The Hall–Kier alpha value is -5.63. The second kappa shape index (κ2) is 22.5. The number of nitrogens with zero attached hydrogens (tertiary/aromatic N) is 11. The Kier molecular flexibility index (Phi) is 16.1. The van der Waals surface area contributed by atoms with Crippen molar-refractivity contribution in [3.63, 3.8) is 0 Å². The molecule has 1 aromatic carbocycles. The van der Waals surface area contributed by atoms with Gasteiger partial charge in [0.15, 0.2) is 5.82 Å². The molecule has 0 unspecified atom stereocenters. The zero-order valence-corrected chi connectivity index (χ0v) is 43.5. The molecule has 5 aliphatic heterocycles. The summed E-state index contributed by atoms with van der Waals surface area (Å²) in [5, 5.41) is 43.0. The fourth-order valence-corrected chi connectivity index (χ4v) is 12.3. The second-order valence-corrected chi connectivity index (χ2v) is 22.0. The molecule has 0 aliphatic carbocycles. The van der Waals surface area contributed by atoms with Gasteiger partial charge in [0.2, 0.25) is 17.7 Å². The van der Waals surface area contributed by atoms with Gasteiger partial charge in [0.05, 0.1) is 54.0 Å². The van der Waals surface area contributed by atoms with Crippen LogP contribution in [0, 0.1) is 35.5 Å². The molecule has 5 fully saturated rings. The van der Waals surface area contributed by atoms with E-state index in [1.807, 2.05) is 31.7 Å². The van der Waals surface area contributed by atoms with Gasteiger partial charge in [-0.3, -0.25) is 14.4 Å². The van der Waals surface area contributed by atoms with E-state index >= 15 is 0 Å². The molecule has 390 valence electrons. The molecular weight excluding hydrogens is 974 g/mol. The van der Waals surface area contributed by atoms with Crippen LogP contribution in [0.15, 0.2) is 52.8 Å². The number of likely N-dealkylation sites (tertiary alicyclic amines) is 2. The average molecular weight is 1040 g/mol. The third-order valence-electron chi connectivity index (χ3n) is 15.4. The molecule has 1 spiro atoms. The number of aliphatic hydroxyl groups is 2. The summed E-state index contributed by atoms with van der Waals surface area (Å²) in [5.41, 5.74) is 8.75. The van der Waals surface area contributed by atoms with Crippen molar-refractivity contribution < 1.29 is 34.1 Å². The van der Waals surface area contributed by atoms with Crippen molar-refractivity contribution in [2.45, 2.75) is 132 Å². The summed E-state index contributed by atoms with van der Waals surface area (Å²) >= 11 is 8.41. The number of aromatic nitrogens is 6. The van der Waals surface area contributed by atoms with Gasteiger partial charge in [0.1, 0.15) is 40.5 Å². The summed E-state index contributed by atoms with van der Waals surface area (Å²) in [4.78, 5) is 64.2. The van der Waals surface area contributed by atoms with Crippen molar-refractivity contribution in [1.29, 1.82) is 5.26 Å². The highest BCUT2D eigenvalue weighted by Crippen LogP contribution is 2.43. The lowest BCUT2D eigenvalue weighted by Gasteiger charge is -2.41. The molecular formula is C51H66ClN13O7S. The Balaban J connectivity index is 0.755. The summed E-state index contributed by atoms with van der Waals surface area (Å²) < 4.78 is 13.9. The van der Waals surface area contributed by atoms with Gasteiger partial charge < -0.3 is 50.3 Å². The molecule has 0 saturated carbocycles. The molecule has 3 aromatic heterocycles. The highest BCUT2D eigenvalue weighted by molar-refractivity contribution is 7.99. The number of hydrogen-bond donors (Lipinski definition) is 4. The molecule has 5 N–H and O–H groups in total. The van der Waals surface area contributed by atoms with Crippen LogP contribution in [-0.2, 0) is 32.3 Å². The fourth-order valence-electron chi connectivity index (χ4n) is 11.1. The standard InChI is InChI=1S/C51H66ClN13O7S/c1-30(2)44(65-26-31(3)59-60-65)50(70)64-27-36(67)22-39(64)48(68)57-24-35-6-5-33(23-53)21-40(35)72-37-10-17-63(18-11-37)49(69)34-8-15-61(16-9-34)47-43(52)41(7-14-55-47)73-42-25-56-46(38(28-66)58-42)62-19-12-51(13-20-62)29-71-32(4)45(51)54/h5-7,14,21,25-26,30,32,34,36-37,39,44-45,66-67H,8-13,15-20,22,24,27-29,54H2,1-4H3,(H,57,68)/t32-,36+,39-,44-,45+/m0/s1. The minimum Gasteiger partial charge on any atom is -0.490 e. The molecule has 22 heteroatoms. The maximum atomic E-state index is 13.9. The van der Waals surface area contributed by atoms with Gasteiger partial charge in [-0.05, 0) is 63.6 Å². The van der Waals surface area contributed by atoms with Crippen molar-refractivity contribution in [3.8, 4) is 11.8 Å². The molecule has 8 heterocycles. The SMILES string of the molecule is Cc1cn([C@H](C(=O)N2C[C@H](O)C[C@H]2C(=O)NCc2ccc(C#N)cc2OC2CCN(C(=O)C3CCN(c4nccc(Sc5cnc(N6CCC7(CC6)CO[C@@H](C)[C@H]7N)c(CO)n5)c4Cl)CC3)CC2)C(C)C)nn1. The van der Waals surface area contributed by atoms with Gasteiger partial charge >= 0.3 is 0 Å². The van der Waals surface area contributed by atoms with Gasteiger partial charge in [0.25, 0.3) is 0 Å². The minimum atomic E-state index is -0.889. The van der Waals surface area contributed by atoms with Crippen LogP contribution in [0.5, 0.6) is 5.75 Å². The van der Waals surface area contributed by atoms with E-state index in [0.717, 1.165) is 30.8 Å². The number of hydrogen-bond acceptors (Lipinski definition) is 17. The van der Waals surface area contributed by atoms with Gasteiger partial charge in [-0.15, -0.1) is 5.10 Å². The first-order valence-corrected chi connectivity index (χ1v) is 26.6. The van der Waals surface area contributed by atoms with Gasteiger partial charge in [-0.1, -0.05) is 48.5 Å². The van der Waals surface area contributed by atoms with Crippen molar-refractivity contribution >= 4 is 52.7 Å². The van der Waals surface area contributed by atoms with Gasteiger partial charge in [-0.25, -0.2) is 19.6 Å². The molecule has 73 heavy (non-hydrogen) atoms. The number of rotatable bonds is 14. The number of benzene rings is 1. The maximum absolute atomic E-state index is 13.9. The molecule has 4 aromatic rings. The number of piperidine rings is 3. The van der Waals surface area contributed by atoms with Crippen LogP contribution in [0.4, 0.5) is 11.6 Å². The number of nitrogens with one attached hydrogen (secondary N) is 1. The number of anilines is 2. The van der Waals surface area contributed by atoms with Crippen LogP contribution in [-0.4, -0.2) is 150 Å². The monoisotopic (exact) mass is 1040 g/mol. The highest BCUT2D eigenvalue weighted by atomic mass is 35.5. The Morgan fingerprint density at radius 3 is 2.45 bits per heavy atom. The number of ether oxygens (including phenoxy) is 2. The first-order chi connectivity index (χ1) is 35.1. The summed E-state index contributed by atoms with van der Waals surface area (Å²) in [7, 11) is 0. The van der Waals surface area contributed by atoms with Crippen LogP contribution in [0.1, 0.15) is 94.3 Å². The second-order valence-electron chi connectivity index (χ2n) is 20.6. The fraction of sp³-hybridized carbons (Fsp3) is 0.588. The minimum absolute atomic E-state index is 0.00416. The van der Waals surface area contributed by atoms with Gasteiger partial charge in [0, 0.05) is 112 Å². The summed E-state index contributed by atoms with van der Waals surface area (Å²) in [6.45, 7) is 11.9. The third-order valence-corrected chi connectivity index (χ3v) is 16.9. The molecule has 9 rings (SSSR count). The lowest BCUT2D eigenvalue weighted by molar-refractivity contribution is -0.142. The smallest absolute Gasteiger partial charge is 0.248 e. The zero-order valence-electron chi connectivity index (χ0n) is 41.9. The molecule has 5 aliphatic rings. The number of nitrogens with two attached hydrogens (primary N) is 1. The van der Waals surface area contributed by atoms with Crippen LogP contribution >= 0.6 is 23.4 Å². The van der Waals surface area contributed by atoms with E-state index in [9.17, 15) is 29.9 Å². The van der Waals surface area contributed by atoms with Crippen LogP contribution in [0.25, 0.3) is 0 Å². The van der Waals surface area contributed by atoms with E-state index in [1.165, 1.54) is 21.3 Å². The summed E-state index contributed by atoms with van der Waals surface area (Å²) in [6, 6.07) is 7.52. The maximum Gasteiger partial charge on any atom is 0.248 e. The first-order valence-electron chi connectivity index (χ1n) is 25.4. The predicted octanol–water partition coefficient (Wildman–Crippen LogP) is 4.03. The zero-order chi connectivity index (χ0) is 51.6. The quantitative estimate of drug-likeness (QED) is 0.139. The van der Waals surface area contributed by atoms with Crippen molar-refractivity contribution in [2.24, 2.45) is 23.0 Å². The third kappa shape index (κ3) is 11.2. The van der Waals surface area contributed by atoms with E-state index in [-0.39, 0.29) is 73.4 Å². The van der Waals surface area contributed by atoms with Crippen molar-refractivity contribution in [2.75, 3.05) is 62.2 Å². The summed E-state index contributed by atoms with van der Waals surface area (Å²) in [5.74, 6) is 0.895. The Bertz CT molecular complexity index is 2680. The average Bonchev–Trinajstić information content (AvgIpc) is 4.09. The Labute approximate surface area is 434 Å².